The summed E-state index contributed by atoms with van der Waals surface area (Å²) in [6.45, 7) is 2.71. The standard InChI is InChI=1S/C24H26N2O4/c1-4-6-10-16-29-21-14-13-19(17-22(21)28-3)18-25-26-24(27)23(30-15-5-2)20-11-8-7-9-12-20/h2,7-9,11-14,17,23,25H,4,15-16,18H2,1,3H3,(H,26,27). The minimum Gasteiger partial charge on any atom is -0.493 e. The number of ether oxygens (including phenoxy) is 3. The molecule has 0 aliphatic rings. The molecule has 0 aliphatic carbocycles. The van der Waals surface area contributed by atoms with E-state index in [9.17, 15) is 4.79 Å². The maximum absolute atomic E-state index is 12.6. The second kappa shape index (κ2) is 12.9. The fraction of sp³-hybridized carbons (Fsp3) is 0.292. The molecule has 156 valence electrons. The molecule has 2 rings (SSSR count). The molecule has 0 fully saturated rings. The number of methoxy groups -OCH3 is 1. The highest BCUT2D eigenvalue weighted by atomic mass is 16.5. The van der Waals surface area contributed by atoms with Gasteiger partial charge in [0.15, 0.2) is 17.6 Å². The Hall–Kier alpha value is -3.45. The molecule has 6 nitrogen and oxygen atoms in total. The molecular formula is C24H26N2O4. The SMILES string of the molecule is C#CCOC(C(=O)NNCc1ccc(OCC#CCC)c(OC)c1)c1ccccc1. The Morgan fingerprint density at radius 1 is 1.10 bits per heavy atom. The summed E-state index contributed by atoms with van der Waals surface area (Å²) in [7, 11) is 1.58. The Kier molecular flexibility index (Phi) is 9.82. The van der Waals surface area contributed by atoms with Crippen molar-refractivity contribution in [1.82, 2.24) is 10.9 Å². The third-order valence-electron chi connectivity index (χ3n) is 4.01. The van der Waals surface area contributed by atoms with Gasteiger partial charge in [0.25, 0.3) is 5.91 Å². The van der Waals surface area contributed by atoms with Crippen molar-refractivity contribution in [3.63, 3.8) is 0 Å². The fourth-order valence-electron chi connectivity index (χ4n) is 2.61. The summed E-state index contributed by atoms with van der Waals surface area (Å²) in [5.74, 6) is 9.14. The third kappa shape index (κ3) is 7.18. The molecule has 1 unspecified atom stereocenters. The first-order chi connectivity index (χ1) is 14.7. The van der Waals surface area contributed by atoms with Crippen LogP contribution in [0.4, 0.5) is 0 Å². The number of nitrogens with one attached hydrogen (secondary N) is 2. The van der Waals surface area contributed by atoms with Crippen LogP contribution in [0.2, 0.25) is 0 Å². The first-order valence-electron chi connectivity index (χ1n) is 9.57. The highest BCUT2D eigenvalue weighted by molar-refractivity contribution is 5.81. The van der Waals surface area contributed by atoms with Crippen LogP contribution in [0.15, 0.2) is 48.5 Å². The Balaban J connectivity index is 1.94. The van der Waals surface area contributed by atoms with Gasteiger partial charge < -0.3 is 14.2 Å². The Labute approximate surface area is 177 Å². The first-order valence-corrected chi connectivity index (χ1v) is 9.57. The van der Waals surface area contributed by atoms with Crippen LogP contribution >= 0.6 is 0 Å². The lowest BCUT2D eigenvalue weighted by Crippen LogP contribution is -2.40. The van der Waals surface area contributed by atoms with Crippen LogP contribution in [0.25, 0.3) is 0 Å². The van der Waals surface area contributed by atoms with Gasteiger partial charge in [0.2, 0.25) is 0 Å². The van der Waals surface area contributed by atoms with Crippen molar-refractivity contribution >= 4 is 5.91 Å². The molecule has 2 aromatic rings. The maximum atomic E-state index is 12.6. The number of benzene rings is 2. The van der Waals surface area contributed by atoms with Gasteiger partial charge in [-0.2, -0.15) is 0 Å². The predicted molar refractivity (Wildman–Crippen MR) is 116 cm³/mol. The number of terminal acetylenes is 1. The number of carbonyl (C=O) groups is 1. The van der Waals surface area contributed by atoms with Gasteiger partial charge in [0.1, 0.15) is 13.2 Å². The van der Waals surface area contributed by atoms with Crippen molar-refractivity contribution in [2.45, 2.75) is 26.0 Å². The quantitative estimate of drug-likeness (QED) is 0.469. The summed E-state index contributed by atoms with van der Waals surface area (Å²) < 4.78 is 16.5. The van der Waals surface area contributed by atoms with Crippen LogP contribution in [0.5, 0.6) is 11.5 Å². The number of hydrazine groups is 1. The highest BCUT2D eigenvalue weighted by Crippen LogP contribution is 2.28. The molecule has 0 bridgehead atoms. The molecule has 30 heavy (non-hydrogen) atoms. The van der Waals surface area contributed by atoms with E-state index < -0.39 is 6.10 Å². The zero-order valence-electron chi connectivity index (χ0n) is 17.2. The Morgan fingerprint density at radius 3 is 2.60 bits per heavy atom. The lowest BCUT2D eigenvalue weighted by atomic mass is 10.1. The lowest BCUT2D eigenvalue weighted by Gasteiger charge is -2.17. The molecule has 0 radical (unpaired) electrons. The summed E-state index contributed by atoms with van der Waals surface area (Å²) in [6, 6.07) is 14.7. The molecule has 0 aromatic heterocycles. The smallest absolute Gasteiger partial charge is 0.267 e. The molecule has 6 heteroatoms. The van der Waals surface area contributed by atoms with E-state index in [-0.39, 0.29) is 12.5 Å². The molecule has 0 heterocycles. The Bertz CT molecular complexity index is 910. The van der Waals surface area contributed by atoms with Crippen LogP contribution in [-0.4, -0.2) is 26.2 Å². The molecule has 0 spiro atoms. The van der Waals surface area contributed by atoms with Crippen molar-refractivity contribution in [2.24, 2.45) is 0 Å². The van der Waals surface area contributed by atoms with Gasteiger partial charge in [0.05, 0.1) is 7.11 Å². The minimum atomic E-state index is -0.802. The van der Waals surface area contributed by atoms with E-state index in [4.69, 9.17) is 20.6 Å². The van der Waals surface area contributed by atoms with E-state index in [1.807, 2.05) is 55.5 Å². The second-order valence-electron chi connectivity index (χ2n) is 6.13. The molecule has 0 saturated heterocycles. The number of hydrogen-bond donors (Lipinski definition) is 2. The predicted octanol–water partition coefficient (Wildman–Crippen LogP) is 3.00. The summed E-state index contributed by atoms with van der Waals surface area (Å²) >= 11 is 0. The molecule has 1 amide bonds. The zero-order chi connectivity index (χ0) is 21.6. The van der Waals surface area contributed by atoms with Gasteiger partial charge in [-0.05, 0) is 23.3 Å². The van der Waals surface area contributed by atoms with Crippen molar-refractivity contribution in [3.05, 3.63) is 59.7 Å². The van der Waals surface area contributed by atoms with E-state index in [1.165, 1.54) is 0 Å². The fourth-order valence-corrected chi connectivity index (χ4v) is 2.61. The average Bonchev–Trinajstić information content (AvgIpc) is 2.78. The minimum absolute atomic E-state index is 0.0360. The average molecular weight is 406 g/mol. The van der Waals surface area contributed by atoms with Gasteiger partial charge in [0, 0.05) is 13.0 Å². The van der Waals surface area contributed by atoms with Crippen LogP contribution in [0, 0.1) is 24.2 Å². The second-order valence-corrected chi connectivity index (χ2v) is 6.13. The van der Waals surface area contributed by atoms with Gasteiger partial charge in [-0.1, -0.05) is 55.2 Å². The van der Waals surface area contributed by atoms with Crippen molar-refractivity contribution in [1.29, 1.82) is 0 Å². The summed E-state index contributed by atoms with van der Waals surface area (Å²) in [6.07, 6.45) is 5.25. The zero-order valence-corrected chi connectivity index (χ0v) is 17.2. The Morgan fingerprint density at radius 2 is 1.90 bits per heavy atom. The monoisotopic (exact) mass is 406 g/mol. The van der Waals surface area contributed by atoms with Gasteiger partial charge in [-0.3, -0.25) is 10.2 Å². The number of hydrogen-bond acceptors (Lipinski definition) is 5. The molecular weight excluding hydrogens is 380 g/mol. The van der Waals surface area contributed by atoms with Gasteiger partial charge in [-0.25, -0.2) is 5.43 Å². The molecule has 0 aliphatic heterocycles. The maximum Gasteiger partial charge on any atom is 0.267 e. The summed E-state index contributed by atoms with van der Waals surface area (Å²) in [5, 5.41) is 0. The molecule has 2 N–H and O–H groups in total. The number of amides is 1. The van der Waals surface area contributed by atoms with Crippen LogP contribution < -0.4 is 20.3 Å². The molecule has 0 saturated carbocycles. The third-order valence-corrected chi connectivity index (χ3v) is 4.01. The van der Waals surface area contributed by atoms with E-state index >= 15 is 0 Å². The van der Waals surface area contributed by atoms with Crippen molar-refractivity contribution in [3.8, 4) is 35.7 Å². The largest absolute Gasteiger partial charge is 0.493 e. The van der Waals surface area contributed by atoms with Crippen LogP contribution in [-0.2, 0) is 16.1 Å². The van der Waals surface area contributed by atoms with Gasteiger partial charge >= 0.3 is 0 Å². The summed E-state index contributed by atoms with van der Waals surface area (Å²) in [5.41, 5.74) is 7.20. The van der Waals surface area contributed by atoms with E-state index in [1.54, 1.807) is 7.11 Å². The van der Waals surface area contributed by atoms with Gasteiger partial charge in [-0.15, -0.1) is 12.3 Å². The van der Waals surface area contributed by atoms with Crippen molar-refractivity contribution in [2.75, 3.05) is 20.3 Å². The number of carbonyl (C=O) groups excluding carboxylic acids is 1. The highest BCUT2D eigenvalue weighted by Gasteiger charge is 2.20. The first kappa shape index (κ1) is 22.8. The lowest BCUT2D eigenvalue weighted by molar-refractivity contribution is -0.133. The van der Waals surface area contributed by atoms with Crippen molar-refractivity contribution < 1.29 is 19.0 Å². The summed E-state index contributed by atoms with van der Waals surface area (Å²) in [4.78, 5) is 12.6. The molecule has 1 atom stereocenters. The van der Waals surface area contributed by atoms with Crippen LogP contribution in [0.3, 0.4) is 0 Å². The topological polar surface area (TPSA) is 68.8 Å². The number of rotatable bonds is 10. The molecule has 2 aromatic carbocycles. The normalized spacial score (nSPS) is 10.8. The van der Waals surface area contributed by atoms with E-state index in [0.717, 1.165) is 17.5 Å². The van der Waals surface area contributed by atoms with Crippen LogP contribution in [0.1, 0.15) is 30.6 Å². The van der Waals surface area contributed by atoms with E-state index in [0.29, 0.717) is 24.7 Å². The van der Waals surface area contributed by atoms with E-state index in [2.05, 4.69) is 28.6 Å².